The molecule has 1 amide bonds. The minimum atomic E-state index is -0.618. The maximum Gasteiger partial charge on any atom is 0.253 e. The van der Waals surface area contributed by atoms with Crippen molar-refractivity contribution in [3.05, 3.63) is 100 Å². The van der Waals surface area contributed by atoms with Crippen LogP contribution in [0.25, 0.3) is 10.9 Å². The second-order valence-corrected chi connectivity index (χ2v) is 7.16. The Morgan fingerprint density at radius 2 is 1.86 bits per heavy atom. The number of hydrogen-bond donors (Lipinski definition) is 2. The first-order valence-electron chi connectivity index (χ1n) is 9.08. The van der Waals surface area contributed by atoms with E-state index in [0.29, 0.717) is 27.1 Å². The first-order chi connectivity index (χ1) is 14.0. The SMILES string of the molecule is Cc1ccc([C@H](NC(=O)c2cccnc2)c2cc(Cl)c3cccnc3c2O)cc1. The summed E-state index contributed by atoms with van der Waals surface area (Å²) in [5.41, 5.74) is 3.20. The molecular formula is C23H18ClN3O2. The van der Waals surface area contributed by atoms with Crippen LogP contribution in [0.5, 0.6) is 5.75 Å². The second kappa shape index (κ2) is 7.89. The number of amides is 1. The topological polar surface area (TPSA) is 75.1 Å². The largest absolute Gasteiger partial charge is 0.505 e. The number of aryl methyl sites for hydroxylation is 1. The number of benzene rings is 2. The number of aromatic hydroxyl groups is 1. The van der Waals surface area contributed by atoms with Crippen molar-refractivity contribution in [2.24, 2.45) is 0 Å². The molecule has 1 atom stereocenters. The predicted molar refractivity (Wildman–Crippen MR) is 113 cm³/mol. The minimum Gasteiger partial charge on any atom is -0.505 e. The van der Waals surface area contributed by atoms with Crippen molar-refractivity contribution in [2.75, 3.05) is 0 Å². The molecular weight excluding hydrogens is 386 g/mol. The quantitative estimate of drug-likeness (QED) is 0.512. The number of nitrogens with one attached hydrogen (secondary N) is 1. The van der Waals surface area contributed by atoms with Crippen molar-refractivity contribution in [3.63, 3.8) is 0 Å². The summed E-state index contributed by atoms with van der Waals surface area (Å²) in [5, 5.41) is 15.1. The van der Waals surface area contributed by atoms with Gasteiger partial charge in [-0.05, 0) is 42.8 Å². The van der Waals surface area contributed by atoms with E-state index >= 15 is 0 Å². The van der Waals surface area contributed by atoms with Gasteiger partial charge in [-0.2, -0.15) is 0 Å². The Bertz CT molecular complexity index is 1180. The molecule has 2 aromatic heterocycles. The highest BCUT2D eigenvalue weighted by Gasteiger charge is 2.24. The highest BCUT2D eigenvalue weighted by molar-refractivity contribution is 6.35. The third-order valence-electron chi connectivity index (χ3n) is 4.77. The number of carbonyl (C=O) groups is 1. The number of hydrogen-bond acceptors (Lipinski definition) is 4. The Morgan fingerprint density at radius 3 is 2.59 bits per heavy atom. The molecule has 0 bridgehead atoms. The van der Waals surface area contributed by atoms with Crippen molar-refractivity contribution in [3.8, 4) is 5.75 Å². The van der Waals surface area contributed by atoms with Crippen LogP contribution >= 0.6 is 11.6 Å². The Balaban J connectivity index is 1.84. The van der Waals surface area contributed by atoms with Crippen LogP contribution in [0.1, 0.15) is 33.1 Å². The molecule has 0 spiro atoms. The number of pyridine rings is 2. The number of phenolic OH excluding ortho intramolecular Hbond substituents is 1. The van der Waals surface area contributed by atoms with Gasteiger partial charge in [0.1, 0.15) is 11.3 Å². The van der Waals surface area contributed by atoms with Gasteiger partial charge in [-0.1, -0.05) is 41.4 Å². The lowest BCUT2D eigenvalue weighted by atomic mass is 9.95. The summed E-state index contributed by atoms with van der Waals surface area (Å²) in [4.78, 5) is 21.1. The van der Waals surface area contributed by atoms with Crippen LogP contribution in [0.15, 0.2) is 73.2 Å². The number of phenols is 1. The molecule has 0 radical (unpaired) electrons. The molecule has 0 fully saturated rings. The zero-order chi connectivity index (χ0) is 20.4. The molecule has 0 aliphatic carbocycles. The van der Waals surface area contributed by atoms with E-state index in [2.05, 4.69) is 15.3 Å². The number of nitrogens with zero attached hydrogens (tertiary/aromatic N) is 2. The van der Waals surface area contributed by atoms with Crippen molar-refractivity contribution in [2.45, 2.75) is 13.0 Å². The van der Waals surface area contributed by atoms with Crippen LogP contribution in [0.3, 0.4) is 0 Å². The zero-order valence-electron chi connectivity index (χ0n) is 15.6. The zero-order valence-corrected chi connectivity index (χ0v) is 16.4. The lowest BCUT2D eigenvalue weighted by Crippen LogP contribution is -2.29. The molecule has 2 heterocycles. The second-order valence-electron chi connectivity index (χ2n) is 6.75. The fraction of sp³-hybridized carbons (Fsp3) is 0.0870. The smallest absolute Gasteiger partial charge is 0.253 e. The summed E-state index contributed by atoms with van der Waals surface area (Å²) in [6, 6.07) is 15.7. The molecule has 2 N–H and O–H groups in total. The van der Waals surface area contributed by atoms with Crippen molar-refractivity contribution < 1.29 is 9.90 Å². The summed E-state index contributed by atoms with van der Waals surface area (Å²) >= 11 is 6.47. The fourth-order valence-corrected chi connectivity index (χ4v) is 3.51. The third kappa shape index (κ3) is 3.77. The maximum atomic E-state index is 12.8. The number of halogens is 1. The van der Waals surface area contributed by atoms with E-state index in [1.165, 1.54) is 6.20 Å². The molecule has 0 saturated carbocycles. The van der Waals surface area contributed by atoms with Gasteiger partial charge in [-0.25, -0.2) is 0 Å². The van der Waals surface area contributed by atoms with E-state index < -0.39 is 6.04 Å². The highest BCUT2D eigenvalue weighted by Crippen LogP contribution is 2.38. The van der Waals surface area contributed by atoms with E-state index in [0.717, 1.165) is 11.1 Å². The van der Waals surface area contributed by atoms with Crippen molar-refractivity contribution in [1.29, 1.82) is 0 Å². The van der Waals surface area contributed by atoms with Gasteiger partial charge in [0.05, 0.1) is 16.6 Å². The highest BCUT2D eigenvalue weighted by atomic mass is 35.5. The molecule has 2 aromatic carbocycles. The Labute approximate surface area is 173 Å². The first-order valence-corrected chi connectivity index (χ1v) is 9.46. The van der Waals surface area contributed by atoms with Gasteiger partial charge < -0.3 is 10.4 Å². The Hall–Kier alpha value is -3.44. The number of fused-ring (bicyclic) bond motifs is 1. The van der Waals surface area contributed by atoms with Gasteiger partial charge in [-0.15, -0.1) is 0 Å². The van der Waals surface area contributed by atoms with Crippen LogP contribution in [0.2, 0.25) is 5.02 Å². The molecule has 5 nitrogen and oxygen atoms in total. The Kier molecular flexibility index (Phi) is 5.14. The lowest BCUT2D eigenvalue weighted by Gasteiger charge is -2.22. The van der Waals surface area contributed by atoms with Crippen LogP contribution in [0.4, 0.5) is 0 Å². The molecule has 0 aliphatic heterocycles. The molecule has 4 rings (SSSR count). The van der Waals surface area contributed by atoms with Gasteiger partial charge in [0.25, 0.3) is 5.91 Å². The van der Waals surface area contributed by atoms with Crippen molar-refractivity contribution in [1.82, 2.24) is 15.3 Å². The first kappa shape index (κ1) is 18.9. The van der Waals surface area contributed by atoms with E-state index in [-0.39, 0.29) is 11.7 Å². The normalized spacial score (nSPS) is 11.9. The summed E-state index contributed by atoms with van der Waals surface area (Å²) in [6.45, 7) is 1.99. The standard InChI is InChI=1S/C23H18ClN3O2/c1-14-6-8-15(9-7-14)20(27-23(29)16-4-2-10-25-13-16)18-12-19(24)17-5-3-11-26-21(17)22(18)28/h2-13,20,28H,1H3,(H,27,29)/t20-/m0/s1. The van der Waals surface area contributed by atoms with Gasteiger partial charge >= 0.3 is 0 Å². The Morgan fingerprint density at radius 1 is 1.10 bits per heavy atom. The van der Waals surface area contributed by atoms with Crippen LogP contribution in [-0.4, -0.2) is 21.0 Å². The van der Waals surface area contributed by atoms with E-state index in [1.807, 2.05) is 31.2 Å². The fourth-order valence-electron chi connectivity index (χ4n) is 3.24. The summed E-state index contributed by atoms with van der Waals surface area (Å²) in [6.07, 6.45) is 4.70. The van der Waals surface area contributed by atoms with Crippen LogP contribution < -0.4 is 5.32 Å². The van der Waals surface area contributed by atoms with Gasteiger partial charge in [0.2, 0.25) is 0 Å². The average molecular weight is 404 g/mol. The summed E-state index contributed by atoms with van der Waals surface area (Å²) in [5.74, 6) is -0.317. The number of aromatic nitrogens is 2. The van der Waals surface area contributed by atoms with Gasteiger partial charge in [-0.3, -0.25) is 14.8 Å². The van der Waals surface area contributed by atoms with Crippen molar-refractivity contribution >= 4 is 28.4 Å². The average Bonchev–Trinajstić information content (AvgIpc) is 2.76. The molecule has 0 aliphatic rings. The number of carbonyl (C=O) groups excluding carboxylic acids is 1. The molecule has 0 saturated heterocycles. The maximum absolute atomic E-state index is 12.8. The monoisotopic (exact) mass is 403 g/mol. The lowest BCUT2D eigenvalue weighted by molar-refractivity contribution is 0.0942. The van der Waals surface area contributed by atoms with E-state index in [4.69, 9.17) is 11.6 Å². The molecule has 4 aromatic rings. The van der Waals surface area contributed by atoms with E-state index in [9.17, 15) is 9.90 Å². The summed E-state index contributed by atoms with van der Waals surface area (Å²) in [7, 11) is 0. The molecule has 29 heavy (non-hydrogen) atoms. The van der Waals surface area contributed by atoms with Gasteiger partial charge in [0.15, 0.2) is 0 Å². The minimum absolute atomic E-state index is 0.0120. The molecule has 6 heteroatoms. The van der Waals surface area contributed by atoms with Crippen LogP contribution in [0, 0.1) is 6.92 Å². The third-order valence-corrected chi connectivity index (χ3v) is 5.08. The predicted octanol–water partition coefficient (Wildman–Crippen LogP) is 4.82. The number of rotatable bonds is 4. The molecule has 0 unspecified atom stereocenters. The van der Waals surface area contributed by atoms with Crippen LogP contribution in [-0.2, 0) is 0 Å². The summed E-state index contributed by atoms with van der Waals surface area (Å²) < 4.78 is 0. The molecule has 144 valence electrons. The van der Waals surface area contributed by atoms with E-state index in [1.54, 1.807) is 42.7 Å². The van der Waals surface area contributed by atoms with Gasteiger partial charge in [0, 0.05) is 29.5 Å².